The summed E-state index contributed by atoms with van der Waals surface area (Å²) in [4.78, 5) is 21.7. The molecule has 0 amide bonds. The third-order valence-corrected chi connectivity index (χ3v) is 2.93. The van der Waals surface area contributed by atoms with Crippen LogP contribution in [0.25, 0.3) is 0 Å². The fourth-order valence-corrected chi connectivity index (χ4v) is 2.00. The van der Waals surface area contributed by atoms with E-state index in [9.17, 15) is 14.9 Å². The van der Waals surface area contributed by atoms with Gasteiger partial charge < -0.3 is 4.74 Å². The Morgan fingerprint density at radius 2 is 2.11 bits per heavy atom. The second-order valence-electron chi connectivity index (χ2n) is 4.11. The predicted octanol–water partition coefficient (Wildman–Crippen LogP) is 1.87. The van der Waals surface area contributed by atoms with Crippen molar-refractivity contribution in [3.8, 4) is 0 Å². The number of nitro groups is 1. The van der Waals surface area contributed by atoms with E-state index >= 15 is 0 Å². The van der Waals surface area contributed by atoms with Crippen molar-refractivity contribution in [2.45, 2.75) is 46.1 Å². The molecule has 0 fully saturated rings. The standard InChI is InChI=1S/C12H19N3O4/c1-4-9-12(15(17)18)10(5-2)14(13-9)8-6-7-11(16)19-3/h4-8H2,1-3H3. The fraction of sp³-hybridized carbons (Fsp3) is 0.667. The van der Waals surface area contributed by atoms with Crippen molar-refractivity contribution in [1.82, 2.24) is 9.78 Å². The van der Waals surface area contributed by atoms with Crippen LogP contribution in [-0.2, 0) is 28.9 Å². The summed E-state index contributed by atoms with van der Waals surface area (Å²) in [7, 11) is 1.34. The van der Waals surface area contributed by atoms with Crippen LogP contribution in [0.15, 0.2) is 0 Å². The molecule has 0 unspecified atom stereocenters. The summed E-state index contributed by atoms with van der Waals surface area (Å²) in [5.41, 5.74) is 1.23. The lowest BCUT2D eigenvalue weighted by atomic mass is 10.2. The molecule has 7 nitrogen and oxygen atoms in total. The topological polar surface area (TPSA) is 87.3 Å². The van der Waals surface area contributed by atoms with Gasteiger partial charge in [0.1, 0.15) is 11.4 Å². The zero-order valence-corrected chi connectivity index (χ0v) is 11.5. The molecule has 1 aromatic heterocycles. The van der Waals surface area contributed by atoms with E-state index in [0.717, 1.165) is 0 Å². The molecular formula is C12H19N3O4. The highest BCUT2D eigenvalue weighted by Gasteiger charge is 2.25. The molecule has 0 saturated heterocycles. The molecule has 1 aromatic rings. The minimum Gasteiger partial charge on any atom is -0.469 e. The molecule has 0 aliphatic rings. The molecule has 0 atom stereocenters. The summed E-state index contributed by atoms with van der Waals surface area (Å²) in [5, 5.41) is 15.3. The average Bonchev–Trinajstić information content (AvgIpc) is 2.76. The first kappa shape index (κ1) is 15.1. The van der Waals surface area contributed by atoms with Crippen LogP contribution in [-0.4, -0.2) is 27.8 Å². The van der Waals surface area contributed by atoms with Crippen molar-refractivity contribution in [3.63, 3.8) is 0 Å². The molecule has 0 N–H and O–H groups in total. The smallest absolute Gasteiger partial charge is 0.313 e. The number of hydrogen-bond acceptors (Lipinski definition) is 5. The lowest BCUT2D eigenvalue weighted by Crippen LogP contribution is -2.08. The molecule has 1 heterocycles. The Balaban J connectivity index is 2.89. The predicted molar refractivity (Wildman–Crippen MR) is 68.9 cm³/mol. The molecule has 0 aromatic carbocycles. The van der Waals surface area contributed by atoms with Crippen LogP contribution in [0, 0.1) is 10.1 Å². The molecule has 0 spiro atoms. The van der Waals surface area contributed by atoms with Crippen LogP contribution >= 0.6 is 0 Å². The largest absolute Gasteiger partial charge is 0.469 e. The minimum absolute atomic E-state index is 0.114. The number of ether oxygens (including phenoxy) is 1. The first-order chi connectivity index (χ1) is 9.04. The number of esters is 1. The quantitative estimate of drug-likeness (QED) is 0.428. The van der Waals surface area contributed by atoms with Crippen molar-refractivity contribution in [1.29, 1.82) is 0 Å². The van der Waals surface area contributed by atoms with Gasteiger partial charge in [0.2, 0.25) is 0 Å². The van der Waals surface area contributed by atoms with Crippen LogP contribution in [0.3, 0.4) is 0 Å². The summed E-state index contributed by atoms with van der Waals surface area (Å²) in [6.45, 7) is 4.19. The van der Waals surface area contributed by atoms with Gasteiger partial charge in [0.05, 0.1) is 12.0 Å². The van der Waals surface area contributed by atoms with Crippen molar-refractivity contribution in [2.24, 2.45) is 0 Å². The van der Waals surface area contributed by atoms with Crippen molar-refractivity contribution >= 4 is 11.7 Å². The number of nitrogens with zero attached hydrogens (tertiary/aromatic N) is 3. The lowest BCUT2D eigenvalue weighted by Gasteiger charge is -2.04. The van der Waals surface area contributed by atoms with Crippen LogP contribution in [0.1, 0.15) is 38.1 Å². The van der Waals surface area contributed by atoms with E-state index < -0.39 is 0 Å². The summed E-state index contributed by atoms with van der Waals surface area (Å²) < 4.78 is 6.20. The normalized spacial score (nSPS) is 10.5. The number of aromatic nitrogens is 2. The van der Waals surface area contributed by atoms with Gasteiger partial charge in [-0.15, -0.1) is 0 Å². The van der Waals surface area contributed by atoms with E-state index in [1.165, 1.54) is 7.11 Å². The van der Waals surface area contributed by atoms with Gasteiger partial charge in [-0.3, -0.25) is 19.6 Å². The molecule has 0 aliphatic carbocycles. The number of rotatable bonds is 7. The number of hydrogen-bond donors (Lipinski definition) is 0. The Kier molecular flexibility index (Phi) is 5.47. The van der Waals surface area contributed by atoms with Crippen LogP contribution in [0.5, 0.6) is 0 Å². The van der Waals surface area contributed by atoms with Gasteiger partial charge >= 0.3 is 11.7 Å². The number of methoxy groups -OCH3 is 1. The molecule has 0 saturated carbocycles. The highest BCUT2D eigenvalue weighted by Crippen LogP contribution is 2.24. The number of aryl methyl sites for hydroxylation is 2. The van der Waals surface area contributed by atoms with Crippen molar-refractivity contribution < 1.29 is 14.5 Å². The SMILES string of the molecule is CCc1nn(CCCC(=O)OC)c(CC)c1[N+](=O)[O-]. The Labute approximate surface area is 111 Å². The van der Waals surface area contributed by atoms with Gasteiger partial charge in [0.25, 0.3) is 0 Å². The second-order valence-corrected chi connectivity index (χ2v) is 4.11. The molecule has 106 valence electrons. The van der Waals surface area contributed by atoms with E-state index in [4.69, 9.17) is 0 Å². The number of carbonyl (C=O) groups excluding carboxylic acids is 1. The van der Waals surface area contributed by atoms with E-state index in [2.05, 4.69) is 9.84 Å². The van der Waals surface area contributed by atoms with Gasteiger partial charge in [-0.05, 0) is 19.3 Å². The Hall–Kier alpha value is -1.92. The summed E-state index contributed by atoms with van der Waals surface area (Å²) in [6, 6.07) is 0. The van der Waals surface area contributed by atoms with Crippen LogP contribution in [0.4, 0.5) is 5.69 Å². The van der Waals surface area contributed by atoms with E-state index in [0.29, 0.717) is 37.2 Å². The van der Waals surface area contributed by atoms with Gasteiger partial charge in [-0.1, -0.05) is 13.8 Å². The molecule has 19 heavy (non-hydrogen) atoms. The van der Waals surface area contributed by atoms with Crippen LogP contribution < -0.4 is 0 Å². The zero-order chi connectivity index (χ0) is 14.4. The maximum atomic E-state index is 11.1. The van der Waals surface area contributed by atoms with E-state index in [1.54, 1.807) is 4.68 Å². The Morgan fingerprint density at radius 1 is 1.42 bits per heavy atom. The van der Waals surface area contributed by atoms with E-state index in [-0.39, 0.29) is 23.0 Å². The maximum absolute atomic E-state index is 11.1. The lowest BCUT2D eigenvalue weighted by molar-refractivity contribution is -0.386. The van der Waals surface area contributed by atoms with Gasteiger partial charge in [-0.25, -0.2) is 0 Å². The molecule has 0 aliphatic heterocycles. The zero-order valence-electron chi connectivity index (χ0n) is 11.5. The second kappa shape index (κ2) is 6.86. The highest BCUT2D eigenvalue weighted by molar-refractivity contribution is 5.68. The van der Waals surface area contributed by atoms with Gasteiger partial charge in [-0.2, -0.15) is 5.10 Å². The fourth-order valence-electron chi connectivity index (χ4n) is 2.00. The molecule has 0 radical (unpaired) electrons. The summed E-state index contributed by atoms with van der Waals surface area (Å²) in [5.74, 6) is -0.282. The van der Waals surface area contributed by atoms with Gasteiger partial charge in [0.15, 0.2) is 0 Å². The monoisotopic (exact) mass is 269 g/mol. The van der Waals surface area contributed by atoms with E-state index in [1.807, 2.05) is 13.8 Å². The summed E-state index contributed by atoms with van der Waals surface area (Å²) >= 11 is 0. The Bertz CT molecular complexity index is 468. The van der Waals surface area contributed by atoms with Crippen molar-refractivity contribution in [3.05, 3.63) is 21.5 Å². The highest BCUT2D eigenvalue weighted by atomic mass is 16.6. The first-order valence-corrected chi connectivity index (χ1v) is 6.34. The summed E-state index contributed by atoms with van der Waals surface area (Å²) in [6.07, 6.45) is 1.91. The maximum Gasteiger partial charge on any atom is 0.313 e. The first-order valence-electron chi connectivity index (χ1n) is 6.34. The Morgan fingerprint density at radius 3 is 2.58 bits per heavy atom. The number of carbonyl (C=O) groups is 1. The molecule has 7 heteroatoms. The average molecular weight is 269 g/mol. The minimum atomic E-state index is -0.374. The van der Waals surface area contributed by atoms with Gasteiger partial charge in [0, 0.05) is 13.0 Å². The molecular weight excluding hydrogens is 250 g/mol. The third-order valence-electron chi connectivity index (χ3n) is 2.93. The molecule has 0 bridgehead atoms. The van der Waals surface area contributed by atoms with Crippen LogP contribution in [0.2, 0.25) is 0 Å². The molecule has 1 rings (SSSR count). The third kappa shape index (κ3) is 3.52. The van der Waals surface area contributed by atoms with Crippen molar-refractivity contribution in [2.75, 3.05) is 7.11 Å².